The molecule has 0 aromatic heterocycles. The zero-order valence-corrected chi connectivity index (χ0v) is 21.3. The highest BCUT2D eigenvalue weighted by Crippen LogP contribution is 2.45. The molecule has 0 aliphatic carbocycles. The van der Waals surface area contributed by atoms with Gasteiger partial charge in [0.1, 0.15) is 5.75 Å². The lowest BCUT2D eigenvalue weighted by molar-refractivity contribution is 0.305. The average Bonchev–Trinajstić information content (AvgIpc) is 2.95. The van der Waals surface area contributed by atoms with Gasteiger partial charge in [-0.25, -0.2) is 0 Å². The van der Waals surface area contributed by atoms with Crippen molar-refractivity contribution in [1.82, 2.24) is 0 Å². The van der Waals surface area contributed by atoms with Crippen molar-refractivity contribution in [1.29, 1.82) is 0 Å². The maximum absolute atomic E-state index is 6.05. The van der Waals surface area contributed by atoms with E-state index < -0.39 is 0 Å². The number of hydrogen-bond acceptors (Lipinski definition) is 1. The van der Waals surface area contributed by atoms with Gasteiger partial charge in [0.2, 0.25) is 0 Å². The molecule has 0 aliphatic rings. The van der Waals surface area contributed by atoms with Crippen molar-refractivity contribution in [2.75, 3.05) is 6.61 Å². The van der Waals surface area contributed by atoms with Gasteiger partial charge in [0.15, 0.2) is 0 Å². The van der Waals surface area contributed by atoms with E-state index in [1.165, 1.54) is 84.3 Å². The zero-order valence-electron chi connectivity index (χ0n) is 21.3. The predicted molar refractivity (Wildman–Crippen MR) is 160 cm³/mol. The Morgan fingerprint density at radius 1 is 0.514 bits per heavy atom. The number of fused-ring (bicyclic) bond motifs is 4. The highest BCUT2D eigenvalue weighted by atomic mass is 16.5. The molecule has 0 amide bonds. The van der Waals surface area contributed by atoms with Crippen molar-refractivity contribution in [3.63, 3.8) is 0 Å². The van der Waals surface area contributed by atoms with Crippen molar-refractivity contribution in [2.24, 2.45) is 0 Å². The van der Waals surface area contributed by atoms with Crippen LogP contribution in [0.5, 0.6) is 5.75 Å². The van der Waals surface area contributed by atoms with Gasteiger partial charge < -0.3 is 4.74 Å². The van der Waals surface area contributed by atoms with Crippen LogP contribution in [0.1, 0.15) is 32.6 Å². The van der Waals surface area contributed by atoms with Gasteiger partial charge in [0.05, 0.1) is 6.61 Å². The molecule has 0 bridgehead atoms. The Bertz CT molecular complexity index is 1880. The molecule has 0 heterocycles. The fourth-order valence-electron chi connectivity index (χ4n) is 6.09. The number of rotatable bonds is 7. The summed E-state index contributed by atoms with van der Waals surface area (Å²) in [5.41, 5.74) is 2.51. The first kappa shape index (κ1) is 22.1. The van der Waals surface area contributed by atoms with Crippen molar-refractivity contribution >= 4 is 53.9 Å². The molecule has 0 atom stereocenters. The summed E-state index contributed by atoms with van der Waals surface area (Å²) in [5.74, 6) is 0.952. The summed E-state index contributed by atoms with van der Waals surface area (Å²) in [6, 6.07) is 38.0. The van der Waals surface area contributed by atoms with Crippen LogP contribution in [0.15, 0.2) is 103 Å². The van der Waals surface area contributed by atoms with E-state index in [9.17, 15) is 0 Å². The number of ether oxygens (including phenoxy) is 1. The van der Waals surface area contributed by atoms with Gasteiger partial charge in [0, 0.05) is 0 Å². The first-order valence-electron chi connectivity index (χ1n) is 13.6. The molecule has 0 spiro atoms. The van der Waals surface area contributed by atoms with Gasteiger partial charge in [0.25, 0.3) is 0 Å². The largest absolute Gasteiger partial charge is 0.494 e. The maximum Gasteiger partial charge on any atom is 0.119 e. The van der Waals surface area contributed by atoms with E-state index in [0.29, 0.717) is 0 Å². The fourth-order valence-corrected chi connectivity index (χ4v) is 6.09. The minimum Gasteiger partial charge on any atom is -0.494 e. The summed E-state index contributed by atoms with van der Waals surface area (Å²) in [7, 11) is 0. The summed E-state index contributed by atoms with van der Waals surface area (Å²) >= 11 is 0. The molecule has 0 N–H and O–H groups in total. The van der Waals surface area contributed by atoms with E-state index >= 15 is 0 Å². The van der Waals surface area contributed by atoms with Crippen LogP contribution >= 0.6 is 0 Å². The Kier molecular flexibility index (Phi) is 5.43. The number of benzene rings is 7. The Morgan fingerprint density at radius 3 is 2.05 bits per heavy atom. The summed E-state index contributed by atoms with van der Waals surface area (Å²) in [5, 5.41) is 13.2. The van der Waals surface area contributed by atoms with Crippen molar-refractivity contribution in [3.8, 4) is 16.9 Å². The fraction of sp³-hybridized carbons (Fsp3) is 0.167. The molecule has 1 heteroatoms. The molecule has 1 nitrogen and oxygen atoms in total. The Hall–Kier alpha value is -4.10. The van der Waals surface area contributed by atoms with Crippen molar-refractivity contribution < 1.29 is 4.74 Å². The Morgan fingerprint density at radius 2 is 1.24 bits per heavy atom. The second-order valence-electron chi connectivity index (χ2n) is 10.2. The van der Waals surface area contributed by atoms with Gasteiger partial charge in [-0.1, -0.05) is 99.0 Å². The van der Waals surface area contributed by atoms with Crippen LogP contribution in [-0.2, 0) is 0 Å². The van der Waals surface area contributed by atoms with E-state index in [1.807, 2.05) is 0 Å². The molecule has 37 heavy (non-hydrogen) atoms. The first-order valence-corrected chi connectivity index (χ1v) is 13.6. The van der Waals surface area contributed by atoms with Gasteiger partial charge in [-0.2, -0.15) is 0 Å². The van der Waals surface area contributed by atoms with E-state index in [0.717, 1.165) is 18.8 Å². The summed E-state index contributed by atoms with van der Waals surface area (Å²) in [6.07, 6.45) is 4.87. The third kappa shape index (κ3) is 3.69. The van der Waals surface area contributed by atoms with E-state index in [2.05, 4.69) is 110 Å². The van der Waals surface area contributed by atoms with E-state index in [1.54, 1.807) is 0 Å². The van der Waals surface area contributed by atoms with Crippen molar-refractivity contribution in [2.45, 2.75) is 32.6 Å². The van der Waals surface area contributed by atoms with Crippen LogP contribution in [0.4, 0.5) is 0 Å². The van der Waals surface area contributed by atoms with E-state index in [4.69, 9.17) is 4.74 Å². The average molecular weight is 479 g/mol. The van der Waals surface area contributed by atoms with Crippen LogP contribution in [0.3, 0.4) is 0 Å². The van der Waals surface area contributed by atoms with Crippen LogP contribution in [0, 0.1) is 0 Å². The Labute approximate surface area is 217 Å². The van der Waals surface area contributed by atoms with Gasteiger partial charge in [-0.05, 0) is 102 Å². The number of unbranched alkanes of at least 4 members (excludes halogenated alkanes) is 3. The molecule has 7 rings (SSSR count). The maximum atomic E-state index is 6.05. The quantitative estimate of drug-likeness (QED) is 0.126. The molecule has 0 saturated carbocycles. The molecule has 7 aromatic carbocycles. The minimum atomic E-state index is 0.786. The molecule has 0 saturated heterocycles. The monoisotopic (exact) mass is 478 g/mol. The topological polar surface area (TPSA) is 9.23 Å². The predicted octanol–water partition coefficient (Wildman–Crippen LogP) is 10.5. The summed E-state index contributed by atoms with van der Waals surface area (Å²) < 4.78 is 6.05. The third-order valence-electron chi connectivity index (χ3n) is 7.88. The van der Waals surface area contributed by atoms with Crippen LogP contribution in [-0.4, -0.2) is 6.61 Å². The van der Waals surface area contributed by atoms with Crippen molar-refractivity contribution in [3.05, 3.63) is 103 Å². The lowest BCUT2D eigenvalue weighted by Gasteiger charge is -2.19. The zero-order chi connectivity index (χ0) is 24.8. The molecule has 0 fully saturated rings. The van der Waals surface area contributed by atoms with Gasteiger partial charge >= 0.3 is 0 Å². The smallest absolute Gasteiger partial charge is 0.119 e. The highest BCUT2D eigenvalue weighted by molar-refractivity contribution is 6.35. The molecule has 0 unspecified atom stereocenters. The molecule has 0 aliphatic heterocycles. The van der Waals surface area contributed by atoms with Crippen LogP contribution in [0.25, 0.3) is 65.0 Å². The van der Waals surface area contributed by atoms with Crippen LogP contribution < -0.4 is 4.74 Å². The second kappa shape index (κ2) is 9.09. The summed E-state index contributed by atoms with van der Waals surface area (Å²) in [6.45, 7) is 3.03. The lowest BCUT2D eigenvalue weighted by atomic mass is 9.85. The lowest BCUT2D eigenvalue weighted by Crippen LogP contribution is -1.97. The Balaban J connectivity index is 1.46. The van der Waals surface area contributed by atoms with Gasteiger partial charge in [-0.15, -0.1) is 0 Å². The SMILES string of the molecule is CCCCCCOc1ccc(-c2cc3cc4ccccc4c4ccc5cc6ccccc6c2c5c34)cc1. The molecular weight excluding hydrogens is 448 g/mol. The summed E-state index contributed by atoms with van der Waals surface area (Å²) in [4.78, 5) is 0. The third-order valence-corrected chi connectivity index (χ3v) is 7.88. The van der Waals surface area contributed by atoms with Gasteiger partial charge in [-0.3, -0.25) is 0 Å². The standard InChI is InChI=1S/C36H30O/c1-2-3-4-9-20-37-29-17-14-24(15-18-29)33-23-28-22-25-10-5-7-12-30(25)32-19-16-27-21-26-11-6-8-13-31(26)36(33)35(27)34(28)32/h5-8,10-19,21-23H,2-4,9,20H2,1H3. The normalized spacial score (nSPS) is 11.9. The second-order valence-corrected chi connectivity index (χ2v) is 10.2. The minimum absolute atomic E-state index is 0.786. The molecule has 7 aromatic rings. The van der Waals surface area contributed by atoms with E-state index in [-0.39, 0.29) is 0 Å². The first-order chi connectivity index (χ1) is 18.3. The molecular formula is C36H30O. The van der Waals surface area contributed by atoms with Crippen LogP contribution in [0.2, 0.25) is 0 Å². The highest BCUT2D eigenvalue weighted by Gasteiger charge is 2.17. The molecule has 180 valence electrons. The number of hydrogen-bond donors (Lipinski definition) is 0. The molecule has 0 radical (unpaired) electrons.